The number of hydrogen-bond donors (Lipinski definition) is 3. The quantitative estimate of drug-likeness (QED) is 0.628. The van der Waals surface area contributed by atoms with Gasteiger partial charge in [-0.1, -0.05) is 0 Å². The molecule has 0 bridgehead atoms. The Hall–Kier alpha value is -1.50. The lowest BCUT2D eigenvalue weighted by atomic mass is 10.1. The molecule has 1 aliphatic rings. The van der Waals surface area contributed by atoms with Crippen LogP contribution in [-0.2, 0) is 11.3 Å². The highest BCUT2D eigenvalue weighted by molar-refractivity contribution is 5.81. The van der Waals surface area contributed by atoms with Gasteiger partial charge in [0.25, 0.3) is 0 Å². The Morgan fingerprint density at radius 3 is 2.82 bits per heavy atom. The Morgan fingerprint density at radius 2 is 2.41 bits per heavy atom. The zero-order valence-electron chi connectivity index (χ0n) is 9.64. The van der Waals surface area contributed by atoms with Crippen LogP contribution >= 0.6 is 0 Å². The van der Waals surface area contributed by atoms with Gasteiger partial charge >= 0.3 is 0 Å². The maximum atomic E-state index is 10.5. The highest BCUT2D eigenvalue weighted by Gasteiger charge is 2.09. The van der Waals surface area contributed by atoms with Crippen molar-refractivity contribution in [2.45, 2.75) is 13.5 Å². The first kappa shape index (κ1) is 13.6. The van der Waals surface area contributed by atoms with E-state index in [1.807, 2.05) is 0 Å². The lowest BCUT2D eigenvalue weighted by Crippen LogP contribution is -2.05. The van der Waals surface area contributed by atoms with Gasteiger partial charge in [-0.15, -0.1) is 0 Å². The number of pyridine rings is 1. The first-order valence-corrected chi connectivity index (χ1v) is 5.22. The minimum absolute atomic E-state index is 0.116. The first-order chi connectivity index (χ1) is 8.20. The number of aldehydes is 1. The second-order valence-corrected chi connectivity index (χ2v) is 3.46. The van der Waals surface area contributed by atoms with Crippen LogP contribution in [0.5, 0.6) is 5.75 Å². The molecule has 0 atom stereocenters. The predicted octanol–water partition coefficient (Wildman–Crippen LogP) is -0.0359. The maximum Gasteiger partial charge on any atom is 0.154 e. The standard InChI is InChI=1S/C8H9NO3.C3H7NO/c1-5-8(12)7(4-11)6(3-10)2-9-5;1-2-5-3-4-1/h2,4,10,12H,3H2,1H3;4H,1-3H2. The molecule has 0 spiro atoms. The fourth-order valence-corrected chi connectivity index (χ4v) is 1.27. The molecule has 6 nitrogen and oxygen atoms in total. The number of aliphatic hydroxyl groups is 1. The van der Waals surface area contributed by atoms with Gasteiger partial charge < -0.3 is 14.9 Å². The Labute approximate surface area is 99.3 Å². The zero-order valence-corrected chi connectivity index (χ0v) is 9.64. The summed E-state index contributed by atoms with van der Waals surface area (Å²) in [6.45, 7) is 3.96. The number of nitrogens with one attached hydrogen (secondary N) is 1. The molecule has 0 aliphatic carbocycles. The third-order valence-corrected chi connectivity index (χ3v) is 2.27. The summed E-state index contributed by atoms with van der Waals surface area (Å²) < 4.78 is 4.83. The van der Waals surface area contributed by atoms with Crippen LogP contribution in [0.25, 0.3) is 0 Å². The Morgan fingerprint density at radius 1 is 1.65 bits per heavy atom. The molecule has 1 aromatic rings. The van der Waals surface area contributed by atoms with Crippen molar-refractivity contribution >= 4 is 6.29 Å². The van der Waals surface area contributed by atoms with Gasteiger partial charge in [-0.25, -0.2) is 0 Å². The number of aliphatic hydroxyl groups excluding tert-OH is 1. The normalized spacial score (nSPS) is 14.0. The van der Waals surface area contributed by atoms with Gasteiger partial charge in [0.05, 0.1) is 31.2 Å². The van der Waals surface area contributed by atoms with Crippen LogP contribution in [0, 0.1) is 6.92 Å². The monoisotopic (exact) mass is 240 g/mol. The minimum Gasteiger partial charge on any atom is -0.505 e. The number of ether oxygens (including phenoxy) is 1. The van der Waals surface area contributed by atoms with E-state index >= 15 is 0 Å². The number of aromatic hydroxyl groups is 1. The lowest BCUT2D eigenvalue weighted by Gasteiger charge is -2.04. The number of aryl methyl sites for hydroxylation is 1. The second kappa shape index (κ2) is 6.95. The molecule has 94 valence electrons. The highest BCUT2D eigenvalue weighted by Crippen LogP contribution is 2.21. The van der Waals surface area contributed by atoms with Gasteiger partial charge in [0.2, 0.25) is 0 Å². The largest absolute Gasteiger partial charge is 0.505 e. The molecule has 1 aromatic heterocycles. The maximum absolute atomic E-state index is 10.5. The Kier molecular flexibility index (Phi) is 5.55. The molecule has 0 radical (unpaired) electrons. The van der Waals surface area contributed by atoms with Gasteiger partial charge in [0.15, 0.2) is 6.29 Å². The smallest absolute Gasteiger partial charge is 0.154 e. The fourth-order valence-electron chi connectivity index (χ4n) is 1.27. The highest BCUT2D eigenvalue weighted by atomic mass is 16.5. The minimum atomic E-state index is -0.297. The van der Waals surface area contributed by atoms with E-state index in [1.165, 1.54) is 6.20 Å². The van der Waals surface area contributed by atoms with Crippen molar-refractivity contribution in [2.24, 2.45) is 0 Å². The van der Waals surface area contributed by atoms with E-state index in [0.29, 0.717) is 17.5 Å². The van der Waals surface area contributed by atoms with Crippen molar-refractivity contribution in [3.8, 4) is 5.75 Å². The fraction of sp³-hybridized carbons (Fsp3) is 0.455. The number of aromatic nitrogens is 1. The third kappa shape index (κ3) is 3.77. The van der Waals surface area contributed by atoms with E-state index in [-0.39, 0.29) is 17.9 Å². The molecule has 6 heteroatoms. The summed E-state index contributed by atoms with van der Waals surface area (Å²) in [6.07, 6.45) is 1.88. The molecule has 2 rings (SSSR count). The van der Waals surface area contributed by atoms with Gasteiger partial charge in [-0.3, -0.25) is 15.1 Å². The molecule has 17 heavy (non-hydrogen) atoms. The summed E-state index contributed by atoms with van der Waals surface area (Å²) in [5.74, 6) is -0.156. The number of hydrogen-bond acceptors (Lipinski definition) is 6. The van der Waals surface area contributed by atoms with E-state index in [0.717, 1.165) is 19.9 Å². The molecular formula is C11H16N2O4. The molecule has 0 amide bonds. The molecule has 0 aromatic carbocycles. The van der Waals surface area contributed by atoms with Crippen LogP contribution in [0.4, 0.5) is 0 Å². The van der Waals surface area contributed by atoms with Gasteiger partial charge in [0.1, 0.15) is 5.75 Å². The lowest BCUT2D eigenvalue weighted by molar-refractivity contribution is 0.111. The molecule has 1 aliphatic heterocycles. The van der Waals surface area contributed by atoms with Gasteiger partial charge in [0, 0.05) is 18.3 Å². The molecule has 0 unspecified atom stereocenters. The topological polar surface area (TPSA) is 91.7 Å². The van der Waals surface area contributed by atoms with Crippen LogP contribution in [0.3, 0.4) is 0 Å². The second-order valence-electron chi connectivity index (χ2n) is 3.46. The Balaban J connectivity index is 0.000000239. The van der Waals surface area contributed by atoms with E-state index < -0.39 is 0 Å². The summed E-state index contributed by atoms with van der Waals surface area (Å²) in [4.78, 5) is 14.2. The van der Waals surface area contributed by atoms with Crippen molar-refractivity contribution in [1.82, 2.24) is 10.3 Å². The predicted molar refractivity (Wildman–Crippen MR) is 60.8 cm³/mol. The van der Waals surface area contributed by atoms with Gasteiger partial charge in [-0.2, -0.15) is 0 Å². The summed E-state index contributed by atoms with van der Waals surface area (Å²) >= 11 is 0. The van der Waals surface area contributed by atoms with Crippen molar-refractivity contribution < 1.29 is 19.7 Å². The van der Waals surface area contributed by atoms with Crippen molar-refractivity contribution in [3.63, 3.8) is 0 Å². The zero-order chi connectivity index (χ0) is 12.7. The van der Waals surface area contributed by atoms with Crippen LogP contribution < -0.4 is 5.32 Å². The van der Waals surface area contributed by atoms with Crippen molar-refractivity contribution in [3.05, 3.63) is 23.0 Å². The van der Waals surface area contributed by atoms with Crippen molar-refractivity contribution in [1.29, 1.82) is 0 Å². The van der Waals surface area contributed by atoms with Crippen LogP contribution in [0.1, 0.15) is 21.6 Å². The summed E-state index contributed by atoms with van der Waals surface area (Å²) in [7, 11) is 0. The van der Waals surface area contributed by atoms with Gasteiger partial charge in [-0.05, 0) is 6.92 Å². The van der Waals surface area contributed by atoms with Crippen molar-refractivity contribution in [2.75, 3.05) is 19.9 Å². The van der Waals surface area contributed by atoms with E-state index in [1.54, 1.807) is 6.92 Å². The summed E-state index contributed by atoms with van der Waals surface area (Å²) in [5.41, 5.74) is 0.840. The first-order valence-electron chi connectivity index (χ1n) is 5.22. The average molecular weight is 240 g/mol. The number of carbonyl (C=O) groups excluding carboxylic acids is 1. The van der Waals surface area contributed by atoms with E-state index in [9.17, 15) is 9.90 Å². The summed E-state index contributed by atoms with van der Waals surface area (Å²) in [5, 5.41) is 21.1. The average Bonchev–Trinajstić information content (AvgIpc) is 2.91. The van der Waals surface area contributed by atoms with Crippen LogP contribution in [0.2, 0.25) is 0 Å². The van der Waals surface area contributed by atoms with Crippen LogP contribution in [0.15, 0.2) is 6.20 Å². The van der Waals surface area contributed by atoms with E-state index in [2.05, 4.69) is 10.3 Å². The molecular weight excluding hydrogens is 224 g/mol. The van der Waals surface area contributed by atoms with E-state index in [4.69, 9.17) is 9.84 Å². The third-order valence-electron chi connectivity index (χ3n) is 2.27. The Bertz CT molecular complexity index is 370. The molecule has 2 heterocycles. The summed E-state index contributed by atoms with van der Waals surface area (Å²) in [6, 6.07) is 0. The SMILES string of the molecule is C1COCN1.Cc1ncc(CO)c(C=O)c1O. The molecule has 1 fully saturated rings. The molecule has 1 saturated heterocycles. The number of nitrogens with zero attached hydrogens (tertiary/aromatic N) is 1. The van der Waals surface area contributed by atoms with Crippen LogP contribution in [-0.4, -0.2) is 41.4 Å². The number of carbonyl (C=O) groups is 1. The number of rotatable bonds is 2. The molecule has 0 saturated carbocycles. The molecule has 3 N–H and O–H groups in total.